The van der Waals surface area contributed by atoms with Crippen LogP contribution in [0.2, 0.25) is 0 Å². The minimum absolute atomic E-state index is 0.214. The molecule has 0 spiro atoms. The molecule has 7 heteroatoms. The van der Waals surface area contributed by atoms with Crippen molar-refractivity contribution in [3.8, 4) is 11.5 Å². The fourth-order valence-corrected chi connectivity index (χ4v) is 5.96. The van der Waals surface area contributed by atoms with Gasteiger partial charge in [0.1, 0.15) is 17.1 Å². The van der Waals surface area contributed by atoms with E-state index in [0.717, 1.165) is 84.7 Å². The van der Waals surface area contributed by atoms with Crippen LogP contribution in [0.1, 0.15) is 116 Å². The monoisotopic (exact) mass is 590 g/mol. The van der Waals surface area contributed by atoms with Crippen molar-refractivity contribution in [1.29, 1.82) is 0 Å². The van der Waals surface area contributed by atoms with Crippen molar-refractivity contribution in [2.24, 2.45) is 17.8 Å². The highest BCUT2D eigenvalue weighted by Gasteiger charge is 2.36. The first-order valence-corrected chi connectivity index (χ1v) is 14.7. The molecule has 0 fully saturated rings. The van der Waals surface area contributed by atoms with Gasteiger partial charge in [0.15, 0.2) is 0 Å². The van der Waals surface area contributed by atoms with E-state index in [2.05, 4.69) is 36.7 Å². The van der Waals surface area contributed by atoms with Crippen molar-refractivity contribution in [1.82, 2.24) is 0 Å². The third-order valence-corrected chi connectivity index (χ3v) is 9.08. The first kappa shape index (κ1) is 32.0. The van der Waals surface area contributed by atoms with Gasteiger partial charge in [0, 0.05) is 18.1 Å². The van der Waals surface area contributed by atoms with E-state index >= 15 is 0 Å². The molecule has 37 heavy (non-hydrogen) atoms. The van der Waals surface area contributed by atoms with E-state index in [1.807, 2.05) is 13.8 Å². The SMILES string of the molecule is CC(=O)Oc1c(C)c2c(c(C)c1Br)OC(C)(CCCC(C)CCCC(C)CCCC(C)C(F)(F)F)CC2. The minimum Gasteiger partial charge on any atom is -0.487 e. The number of fused-ring (bicyclic) bond motifs is 1. The number of hydrogen-bond acceptors (Lipinski definition) is 3. The van der Waals surface area contributed by atoms with E-state index in [0.29, 0.717) is 24.0 Å². The van der Waals surface area contributed by atoms with Gasteiger partial charge in [-0.2, -0.15) is 13.2 Å². The number of carbonyl (C=O) groups is 1. The van der Waals surface area contributed by atoms with Crippen LogP contribution in [0.5, 0.6) is 11.5 Å². The quantitative estimate of drug-likeness (QED) is 0.169. The van der Waals surface area contributed by atoms with Gasteiger partial charge in [0.2, 0.25) is 0 Å². The highest BCUT2D eigenvalue weighted by molar-refractivity contribution is 9.10. The van der Waals surface area contributed by atoms with Gasteiger partial charge in [-0.3, -0.25) is 4.79 Å². The van der Waals surface area contributed by atoms with Gasteiger partial charge in [0.25, 0.3) is 0 Å². The van der Waals surface area contributed by atoms with Gasteiger partial charge in [-0.25, -0.2) is 0 Å². The molecule has 1 aromatic carbocycles. The van der Waals surface area contributed by atoms with Gasteiger partial charge in [0.05, 0.1) is 10.4 Å². The van der Waals surface area contributed by atoms with Crippen LogP contribution in [0.25, 0.3) is 0 Å². The third kappa shape index (κ3) is 9.47. The molecule has 212 valence electrons. The molecule has 0 amide bonds. The number of alkyl halides is 3. The Kier molecular flexibility index (Phi) is 11.8. The van der Waals surface area contributed by atoms with Crippen LogP contribution in [-0.4, -0.2) is 17.7 Å². The molecule has 0 saturated heterocycles. The summed E-state index contributed by atoms with van der Waals surface area (Å²) in [6.45, 7) is 13.4. The minimum atomic E-state index is -4.06. The predicted octanol–water partition coefficient (Wildman–Crippen LogP) is 10.1. The predicted molar refractivity (Wildman–Crippen MR) is 147 cm³/mol. The highest BCUT2D eigenvalue weighted by Crippen LogP contribution is 2.47. The molecule has 1 aliphatic heterocycles. The van der Waals surface area contributed by atoms with E-state index in [4.69, 9.17) is 9.47 Å². The van der Waals surface area contributed by atoms with E-state index in [-0.39, 0.29) is 18.0 Å². The Labute approximate surface area is 230 Å². The van der Waals surface area contributed by atoms with E-state index in [1.165, 1.54) is 13.8 Å². The van der Waals surface area contributed by atoms with Crippen LogP contribution in [0.15, 0.2) is 4.47 Å². The number of esters is 1. The lowest BCUT2D eigenvalue weighted by Crippen LogP contribution is -2.37. The van der Waals surface area contributed by atoms with Crippen LogP contribution in [-0.2, 0) is 11.2 Å². The molecular weight excluding hydrogens is 545 g/mol. The number of hydrogen-bond donors (Lipinski definition) is 0. The maximum absolute atomic E-state index is 12.7. The maximum Gasteiger partial charge on any atom is 0.391 e. The number of carbonyl (C=O) groups excluding carboxylic acids is 1. The summed E-state index contributed by atoms with van der Waals surface area (Å²) < 4.78 is 50.8. The topological polar surface area (TPSA) is 35.5 Å². The number of ether oxygens (including phenoxy) is 2. The Bertz CT molecular complexity index is 915. The Morgan fingerprint density at radius 1 is 1.00 bits per heavy atom. The summed E-state index contributed by atoms with van der Waals surface area (Å²) in [5.74, 6) is 1.09. The molecule has 1 heterocycles. The lowest BCUT2D eigenvalue weighted by atomic mass is 9.84. The van der Waals surface area contributed by atoms with Crippen molar-refractivity contribution >= 4 is 21.9 Å². The summed E-state index contributed by atoms with van der Waals surface area (Å²) in [4.78, 5) is 11.6. The molecular formula is C30H46BrF3O3. The summed E-state index contributed by atoms with van der Waals surface area (Å²) in [6.07, 6.45) is 6.16. The van der Waals surface area contributed by atoms with Crippen molar-refractivity contribution in [3.63, 3.8) is 0 Å². The highest BCUT2D eigenvalue weighted by atomic mass is 79.9. The molecule has 3 nitrogen and oxygen atoms in total. The summed E-state index contributed by atoms with van der Waals surface area (Å²) in [6, 6.07) is 0. The van der Waals surface area contributed by atoms with Crippen molar-refractivity contribution in [3.05, 3.63) is 21.2 Å². The van der Waals surface area contributed by atoms with Crippen molar-refractivity contribution < 1.29 is 27.4 Å². The standard InChI is InChI=1S/C30H46BrF3O3/c1-19(13-9-15-21(3)30(32,33)34)11-8-12-20(2)14-10-17-29(7)18-16-25-22(4)28(36-24(6)35)26(31)23(5)27(25)37-29/h19-21H,8-18H2,1-7H3. The Morgan fingerprint density at radius 2 is 1.54 bits per heavy atom. The molecule has 0 saturated carbocycles. The zero-order valence-corrected chi connectivity index (χ0v) is 25.3. The van der Waals surface area contributed by atoms with Gasteiger partial charge >= 0.3 is 12.1 Å². The lowest BCUT2D eigenvalue weighted by molar-refractivity contribution is -0.171. The average Bonchev–Trinajstić information content (AvgIpc) is 2.79. The molecule has 0 aliphatic carbocycles. The fraction of sp³-hybridized carbons (Fsp3) is 0.767. The van der Waals surface area contributed by atoms with Crippen LogP contribution in [0.4, 0.5) is 13.2 Å². The summed E-state index contributed by atoms with van der Waals surface area (Å²) in [5.41, 5.74) is 2.85. The van der Waals surface area contributed by atoms with Gasteiger partial charge in [-0.1, -0.05) is 59.3 Å². The van der Waals surface area contributed by atoms with Crippen LogP contribution < -0.4 is 9.47 Å². The normalized spacial score (nSPS) is 20.1. The number of halogens is 4. The van der Waals surface area contributed by atoms with E-state index in [1.54, 1.807) is 0 Å². The first-order valence-electron chi connectivity index (χ1n) is 13.9. The Hall–Kier alpha value is -1.24. The van der Waals surface area contributed by atoms with Gasteiger partial charge in [-0.15, -0.1) is 0 Å². The molecule has 0 bridgehead atoms. The van der Waals surface area contributed by atoms with Crippen LogP contribution in [0, 0.1) is 31.6 Å². The van der Waals surface area contributed by atoms with Crippen LogP contribution >= 0.6 is 15.9 Å². The molecule has 1 aliphatic rings. The second-order valence-electron chi connectivity index (χ2n) is 11.8. The Balaban J connectivity index is 1.76. The molecule has 4 atom stereocenters. The van der Waals surface area contributed by atoms with E-state index < -0.39 is 12.1 Å². The van der Waals surface area contributed by atoms with Gasteiger partial charge in [-0.05, 0) is 86.2 Å². The molecule has 0 N–H and O–H groups in total. The lowest BCUT2D eigenvalue weighted by Gasteiger charge is -2.38. The number of rotatable bonds is 13. The maximum atomic E-state index is 12.7. The van der Waals surface area contributed by atoms with Crippen LogP contribution in [0.3, 0.4) is 0 Å². The summed E-state index contributed by atoms with van der Waals surface area (Å²) in [7, 11) is 0. The molecule has 1 aromatic rings. The zero-order valence-electron chi connectivity index (χ0n) is 23.7. The largest absolute Gasteiger partial charge is 0.487 e. The zero-order chi connectivity index (χ0) is 28.0. The van der Waals surface area contributed by atoms with Crippen molar-refractivity contribution in [2.45, 2.75) is 131 Å². The van der Waals surface area contributed by atoms with E-state index in [9.17, 15) is 18.0 Å². The number of benzene rings is 1. The second-order valence-corrected chi connectivity index (χ2v) is 12.5. The first-order chi connectivity index (χ1) is 17.1. The fourth-order valence-electron chi connectivity index (χ4n) is 5.40. The molecule has 4 unspecified atom stereocenters. The smallest absolute Gasteiger partial charge is 0.391 e. The Morgan fingerprint density at radius 3 is 2.08 bits per heavy atom. The third-order valence-electron chi connectivity index (χ3n) is 8.12. The summed E-state index contributed by atoms with van der Waals surface area (Å²) >= 11 is 3.61. The van der Waals surface area contributed by atoms with Crippen molar-refractivity contribution in [2.75, 3.05) is 0 Å². The second kappa shape index (κ2) is 13.7. The molecule has 0 radical (unpaired) electrons. The summed E-state index contributed by atoms with van der Waals surface area (Å²) in [5, 5.41) is 0. The average molecular weight is 592 g/mol. The molecule has 2 rings (SSSR count). The van der Waals surface area contributed by atoms with Gasteiger partial charge < -0.3 is 9.47 Å². The molecule has 0 aromatic heterocycles.